The standard InChI is InChI=1S/C20H22N4O3/c1-14-3-2-9-23(14)10-8-18-12-15-11-16(4-6-19(15)27-18)22-20-7-5-17(13-21-20)24(25)26/h4-7,11-14H,2-3,8-10H2,1H3,(H,21,22). The number of nitrogens with zero attached hydrogens (tertiary/aromatic N) is 3. The number of rotatable bonds is 6. The van der Waals surface area contributed by atoms with Gasteiger partial charge in [-0.3, -0.25) is 10.1 Å². The molecule has 27 heavy (non-hydrogen) atoms. The topological polar surface area (TPSA) is 84.4 Å². The SMILES string of the molecule is CC1CCCN1CCc1cc2cc(Nc3ccc([N+](=O)[O-])cn3)ccc2o1. The Bertz CT molecular complexity index is 952. The maximum atomic E-state index is 10.7. The highest BCUT2D eigenvalue weighted by Crippen LogP contribution is 2.26. The average Bonchev–Trinajstić information content (AvgIpc) is 3.25. The van der Waals surface area contributed by atoms with Crippen LogP contribution < -0.4 is 5.32 Å². The Hall–Kier alpha value is -2.93. The summed E-state index contributed by atoms with van der Waals surface area (Å²) < 4.78 is 5.97. The van der Waals surface area contributed by atoms with Gasteiger partial charge in [0.2, 0.25) is 0 Å². The third-order valence-corrected chi connectivity index (χ3v) is 5.13. The molecule has 4 rings (SSSR count). The molecule has 7 heteroatoms. The van der Waals surface area contributed by atoms with E-state index in [-0.39, 0.29) is 5.69 Å². The number of likely N-dealkylation sites (tertiary alicyclic amines) is 1. The van der Waals surface area contributed by atoms with Gasteiger partial charge in [-0.1, -0.05) is 0 Å². The predicted molar refractivity (Wildman–Crippen MR) is 104 cm³/mol. The van der Waals surface area contributed by atoms with Gasteiger partial charge in [0.15, 0.2) is 0 Å². The second-order valence-electron chi connectivity index (χ2n) is 7.03. The van der Waals surface area contributed by atoms with E-state index < -0.39 is 4.92 Å². The van der Waals surface area contributed by atoms with Crippen LogP contribution in [0.2, 0.25) is 0 Å². The fourth-order valence-corrected chi connectivity index (χ4v) is 3.59. The van der Waals surface area contributed by atoms with Gasteiger partial charge in [0.05, 0.1) is 4.92 Å². The second kappa shape index (κ2) is 7.36. The lowest BCUT2D eigenvalue weighted by atomic mass is 10.2. The Kier molecular flexibility index (Phi) is 4.77. The summed E-state index contributed by atoms with van der Waals surface area (Å²) in [7, 11) is 0. The number of benzene rings is 1. The molecular formula is C20H22N4O3. The summed E-state index contributed by atoms with van der Waals surface area (Å²) in [4.78, 5) is 16.8. The lowest BCUT2D eigenvalue weighted by molar-refractivity contribution is -0.385. The van der Waals surface area contributed by atoms with E-state index in [0.717, 1.165) is 35.4 Å². The number of nitrogens with one attached hydrogen (secondary N) is 1. The zero-order valence-corrected chi connectivity index (χ0v) is 15.2. The fraction of sp³-hybridized carbons (Fsp3) is 0.350. The molecule has 7 nitrogen and oxygen atoms in total. The number of hydrogen-bond acceptors (Lipinski definition) is 6. The van der Waals surface area contributed by atoms with Gasteiger partial charge in [0.25, 0.3) is 5.69 Å². The van der Waals surface area contributed by atoms with E-state index in [9.17, 15) is 10.1 Å². The van der Waals surface area contributed by atoms with Crippen molar-refractivity contribution in [3.05, 3.63) is 58.5 Å². The summed E-state index contributed by atoms with van der Waals surface area (Å²) in [6.45, 7) is 4.49. The fourth-order valence-electron chi connectivity index (χ4n) is 3.59. The van der Waals surface area contributed by atoms with E-state index in [0.29, 0.717) is 11.9 Å². The minimum Gasteiger partial charge on any atom is -0.461 e. The normalized spacial score (nSPS) is 17.4. The molecule has 3 aromatic rings. The van der Waals surface area contributed by atoms with E-state index in [4.69, 9.17) is 4.42 Å². The molecule has 1 atom stereocenters. The first-order chi connectivity index (χ1) is 13.1. The number of aromatic nitrogens is 1. The van der Waals surface area contributed by atoms with Crippen LogP contribution in [0.15, 0.2) is 47.0 Å². The third kappa shape index (κ3) is 3.93. The predicted octanol–water partition coefficient (Wildman–Crippen LogP) is 4.51. The number of furan rings is 1. The number of anilines is 2. The first kappa shape index (κ1) is 17.5. The van der Waals surface area contributed by atoms with Crippen LogP contribution in [0.4, 0.5) is 17.2 Å². The van der Waals surface area contributed by atoms with Crippen LogP contribution in [0.1, 0.15) is 25.5 Å². The number of nitro groups is 1. The molecule has 0 saturated carbocycles. The van der Waals surface area contributed by atoms with E-state index in [1.54, 1.807) is 6.07 Å². The Balaban J connectivity index is 1.44. The average molecular weight is 366 g/mol. The Labute approximate surface area is 157 Å². The van der Waals surface area contributed by atoms with Gasteiger partial charge in [0.1, 0.15) is 23.4 Å². The highest BCUT2D eigenvalue weighted by molar-refractivity contribution is 5.82. The molecular weight excluding hydrogens is 344 g/mol. The summed E-state index contributed by atoms with van der Waals surface area (Å²) in [5.41, 5.74) is 1.70. The first-order valence-corrected chi connectivity index (χ1v) is 9.22. The van der Waals surface area contributed by atoms with E-state index in [1.165, 1.54) is 31.6 Å². The van der Waals surface area contributed by atoms with Crippen molar-refractivity contribution >= 4 is 28.2 Å². The molecule has 0 bridgehead atoms. The van der Waals surface area contributed by atoms with Crippen molar-refractivity contribution in [3.8, 4) is 0 Å². The second-order valence-corrected chi connectivity index (χ2v) is 7.03. The monoisotopic (exact) mass is 366 g/mol. The van der Waals surface area contributed by atoms with Crippen LogP contribution in [0.3, 0.4) is 0 Å². The van der Waals surface area contributed by atoms with Crippen LogP contribution >= 0.6 is 0 Å². The van der Waals surface area contributed by atoms with Gasteiger partial charge < -0.3 is 14.6 Å². The van der Waals surface area contributed by atoms with Crippen molar-refractivity contribution in [2.75, 3.05) is 18.4 Å². The summed E-state index contributed by atoms with van der Waals surface area (Å²) in [5, 5.41) is 14.9. The molecule has 0 aliphatic carbocycles. The van der Waals surface area contributed by atoms with E-state index in [1.807, 2.05) is 18.2 Å². The highest BCUT2D eigenvalue weighted by Gasteiger charge is 2.20. The molecule has 2 aromatic heterocycles. The molecule has 1 fully saturated rings. The number of hydrogen-bond donors (Lipinski definition) is 1. The molecule has 140 valence electrons. The molecule has 3 heterocycles. The van der Waals surface area contributed by atoms with Gasteiger partial charge in [0, 0.05) is 36.1 Å². The van der Waals surface area contributed by atoms with Gasteiger partial charge in [-0.15, -0.1) is 0 Å². The Morgan fingerprint density at radius 3 is 2.93 bits per heavy atom. The molecule has 0 amide bonds. The minimum absolute atomic E-state index is 0.0252. The van der Waals surface area contributed by atoms with Gasteiger partial charge in [-0.05, 0) is 56.6 Å². The smallest absolute Gasteiger partial charge is 0.287 e. The van der Waals surface area contributed by atoms with Gasteiger partial charge in [-0.25, -0.2) is 4.98 Å². The molecule has 1 aromatic carbocycles. The van der Waals surface area contributed by atoms with Crippen LogP contribution in [-0.4, -0.2) is 33.9 Å². The van der Waals surface area contributed by atoms with Gasteiger partial charge >= 0.3 is 0 Å². The van der Waals surface area contributed by atoms with Crippen LogP contribution in [0.5, 0.6) is 0 Å². The molecule has 1 aliphatic rings. The highest BCUT2D eigenvalue weighted by atomic mass is 16.6. The molecule has 1 unspecified atom stereocenters. The lowest BCUT2D eigenvalue weighted by Gasteiger charge is -2.19. The molecule has 0 radical (unpaired) electrons. The van der Waals surface area contributed by atoms with Crippen LogP contribution in [0, 0.1) is 10.1 Å². The maximum absolute atomic E-state index is 10.7. The molecule has 1 saturated heterocycles. The van der Waals surface area contributed by atoms with Crippen molar-refractivity contribution in [1.82, 2.24) is 9.88 Å². The van der Waals surface area contributed by atoms with Crippen molar-refractivity contribution in [2.45, 2.75) is 32.2 Å². The molecule has 1 aliphatic heterocycles. The summed E-state index contributed by atoms with van der Waals surface area (Å²) in [6, 6.07) is 11.6. The molecule has 0 spiro atoms. The Morgan fingerprint density at radius 2 is 2.22 bits per heavy atom. The minimum atomic E-state index is -0.460. The summed E-state index contributed by atoms with van der Waals surface area (Å²) in [5.74, 6) is 1.56. The van der Waals surface area contributed by atoms with Crippen molar-refractivity contribution in [1.29, 1.82) is 0 Å². The summed E-state index contributed by atoms with van der Waals surface area (Å²) >= 11 is 0. The zero-order valence-electron chi connectivity index (χ0n) is 15.2. The molecule has 1 N–H and O–H groups in total. The number of fused-ring (bicyclic) bond motifs is 1. The first-order valence-electron chi connectivity index (χ1n) is 9.22. The number of pyridine rings is 1. The van der Waals surface area contributed by atoms with E-state index in [2.05, 4.69) is 28.2 Å². The zero-order chi connectivity index (χ0) is 18.8. The van der Waals surface area contributed by atoms with Crippen molar-refractivity contribution < 1.29 is 9.34 Å². The van der Waals surface area contributed by atoms with Gasteiger partial charge in [-0.2, -0.15) is 0 Å². The van der Waals surface area contributed by atoms with Crippen LogP contribution in [0.25, 0.3) is 11.0 Å². The van der Waals surface area contributed by atoms with Crippen molar-refractivity contribution in [2.24, 2.45) is 0 Å². The summed E-state index contributed by atoms with van der Waals surface area (Å²) in [6.07, 6.45) is 4.72. The van der Waals surface area contributed by atoms with E-state index >= 15 is 0 Å². The Morgan fingerprint density at radius 1 is 1.33 bits per heavy atom. The third-order valence-electron chi connectivity index (χ3n) is 5.13. The quantitative estimate of drug-likeness (QED) is 0.510. The van der Waals surface area contributed by atoms with Crippen molar-refractivity contribution in [3.63, 3.8) is 0 Å². The lowest BCUT2D eigenvalue weighted by Crippen LogP contribution is -2.28. The maximum Gasteiger partial charge on any atom is 0.287 e. The van der Waals surface area contributed by atoms with Crippen LogP contribution in [-0.2, 0) is 6.42 Å². The largest absolute Gasteiger partial charge is 0.461 e.